The zero-order valence-electron chi connectivity index (χ0n) is 8.12. The predicted octanol–water partition coefficient (Wildman–Crippen LogP) is 1.70. The second kappa shape index (κ2) is 4.55. The Morgan fingerprint density at radius 3 is 2.93 bits per heavy atom. The highest BCUT2D eigenvalue weighted by molar-refractivity contribution is 5.88. The molecule has 2 amide bonds. The van der Waals surface area contributed by atoms with Gasteiger partial charge in [0.2, 0.25) is 0 Å². The summed E-state index contributed by atoms with van der Waals surface area (Å²) in [6, 6.07) is 0.939. The minimum Gasteiger partial charge on any atom is -0.328 e. The van der Waals surface area contributed by atoms with Crippen molar-refractivity contribution in [2.45, 2.75) is 6.92 Å². The number of amides is 2. The number of nitrogens with zero attached hydrogens (tertiary/aromatic N) is 2. The van der Waals surface area contributed by atoms with Crippen LogP contribution < -0.4 is 5.32 Å². The van der Waals surface area contributed by atoms with Gasteiger partial charge < -0.3 is 10.2 Å². The minimum atomic E-state index is -0.470. The van der Waals surface area contributed by atoms with Crippen LogP contribution in [0.4, 0.5) is 14.9 Å². The Morgan fingerprint density at radius 2 is 2.36 bits per heavy atom. The molecule has 0 spiro atoms. The van der Waals surface area contributed by atoms with Gasteiger partial charge in [-0.15, -0.1) is 0 Å². The number of pyridine rings is 1. The third kappa shape index (κ3) is 2.69. The average Bonchev–Trinajstić information content (AvgIpc) is 2.16. The standard InChI is InChI=1S/C9H12FN3O/c1-3-13(2)9(14)12-8-4-7(10)5-11-6-8/h4-6H,3H2,1-2H3,(H,12,14). The molecule has 1 heterocycles. The molecule has 0 radical (unpaired) electrons. The van der Waals surface area contributed by atoms with E-state index in [-0.39, 0.29) is 6.03 Å². The van der Waals surface area contributed by atoms with E-state index in [0.29, 0.717) is 12.2 Å². The maximum Gasteiger partial charge on any atom is 0.321 e. The van der Waals surface area contributed by atoms with E-state index >= 15 is 0 Å². The van der Waals surface area contributed by atoms with Gasteiger partial charge in [-0.2, -0.15) is 0 Å². The molecule has 5 heteroatoms. The smallest absolute Gasteiger partial charge is 0.321 e. The van der Waals surface area contributed by atoms with E-state index in [9.17, 15) is 9.18 Å². The summed E-state index contributed by atoms with van der Waals surface area (Å²) in [5, 5.41) is 2.52. The Balaban J connectivity index is 2.65. The number of anilines is 1. The SMILES string of the molecule is CCN(C)C(=O)Nc1cncc(F)c1. The Morgan fingerprint density at radius 1 is 1.64 bits per heavy atom. The van der Waals surface area contributed by atoms with Crippen LogP contribution in [0.3, 0.4) is 0 Å². The van der Waals surface area contributed by atoms with Gasteiger partial charge in [-0.3, -0.25) is 4.98 Å². The first kappa shape index (κ1) is 10.4. The molecule has 1 N–H and O–H groups in total. The fourth-order valence-electron chi connectivity index (χ4n) is 0.843. The molecule has 1 rings (SSSR count). The molecule has 0 saturated heterocycles. The van der Waals surface area contributed by atoms with Crippen molar-refractivity contribution in [3.8, 4) is 0 Å². The third-order valence-electron chi connectivity index (χ3n) is 1.78. The molecule has 0 saturated carbocycles. The van der Waals surface area contributed by atoms with E-state index in [4.69, 9.17) is 0 Å². The first-order valence-electron chi connectivity index (χ1n) is 4.26. The number of halogens is 1. The van der Waals surface area contributed by atoms with Gasteiger partial charge in [-0.25, -0.2) is 9.18 Å². The lowest BCUT2D eigenvalue weighted by Gasteiger charge is -2.14. The van der Waals surface area contributed by atoms with Crippen molar-refractivity contribution in [2.75, 3.05) is 18.9 Å². The van der Waals surface area contributed by atoms with Crippen molar-refractivity contribution >= 4 is 11.7 Å². The van der Waals surface area contributed by atoms with Gasteiger partial charge in [0, 0.05) is 19.7 Å². The van der Waals surface area contributed by atoms with Gasteiger partial charge in [0.1, 0.15) is 5.82 Å². The van der Waals surface area contributed by atoms with Crippen molar-refractivity contribution in [3.05, 3.63) is 24.3 Å². The molecule has 4 nitrogen and oxygen atoms in total. The second-order valence-corrected chi connectivity index (χ2v) is 2.84. The highest BCUT2D eigenvalue weighted by atomic mass is 19.1. The molecule has 1 aromatic rings. The molecule has 0 aliphatic heterocycles. The van der Waals surface area contributed by atoms with E-state index in [0.717, 1.165) is 6.20 Å². The normalized spacial score (nSPS) is 9.64. The van der Waals surface area contributed by atoms with Crippen LogP contribution >= 0.6 is 0 Å². The molecule has 0 bridgehead atoms. The van der Waals surface area contributed by atoms with Crippen LogP contribution in [0.15, 0.2) is 18.5 Å². The summed E-state index contributed by atoms with van der Waals surface area (Å²) < 4.78 is 12.7. The van der Waals surface area contributed by atoms with Crippen molar-refractivity contribution in [1.82, 2.24) is 9.88 Å². The van der Waals surface area contributed by atoms with Gasteiger partial charge in [0.25, 0.3) is 0 Å². The summed E-state index contributed by atoms with van der Waals surface area (Å²) >= 11 is 0. The molecular weight excluding hydrogens is 185 g/mol. The van der Waals surface area contributed by atoms with Gasteiger partial charge in [0.15, 0.2) is 0 Å². The number of rotatable bonds is 2. The lowest BCUT2D eigenvalue weighted by Crippen LogP contribution is -2.30. The fourth-order valence-corrected chi connectivity index (χ4v) is 0.843. The molecule has 0 unspecified atom stereocenters. The van der Waals surface area contributed by atoms with Crippen molar-refractivity contribution in [2.24, 2.45) is 0 Å². The Kier molecular flexibility index (Phi) is 3.39. The van der Waals surface area contributed by atoms with Crippen LogP contribution in [0, 0.1) is 5.82 Å². The van der Waals surface area contributed by atoms with Crippen LogP contribution in [0.2, 0.25) is 0 Å². The number of carbonyl (C=O) groups excluding carboxylic acids is 1. The predicted molar refractivity (Wildman–Crippen MR) is 51.5 cm³/mol. The minimum absolute atomic E-state index is 0.278. The average molecular weight is 197 g/mol. The van der Waals surface area contributed by atoms with Crippen molar-refractivity contribution in [1.29, 1.82) is 0 Å². The van der Waals surface area contributed by atoms with Gasteiger partial charge in [0.05, 0.1) is 18.1 Å². The monoisotopic (exact) mass is 197 g/mol. The van der Waals surface area contributed by atoms with Gasteiger partial charge in [-0.1, -0.05) is 0 Å². The molecule has 1 aromatic heterocycles. The fraction of sp³-hybridized carbons (Fsp3) is 0.333. The molecule has 0 aliphatic carbocycles. The van der Waals surface area contributed by atoms with E-state index in [1.54, 1.807) is 7.05 Å². The van der Waals surface area contributed by atoms with Crippen LogP contribution in [0.5, 0.6) is 0 Å². The lowest BCUT2D eigenvalue weighted by molar-refractivity contribution is 0.224. The number of nitrogens with one attached hydrogen (secondary N) is 1. The molecule has 76 valence electrons. The van der Waals surface area contributed by atoms with Crippen LogP contribution in [-0.2, 0) is 0 Å². The van der Waals surface area contributed by atoms with Crippen molar-refractivity contribution in [3.63, 3.8) is 0 Å². The quantitative estimate of drug-likeness (QED) is 0.784. The zero-order chi connectivity index (χ0) is 10.6. The Bertz CT molecular complexity index is 330. The summed E-state index contributed by atoms with van der Waals surface area (Å²) in [5.74, 6) is -0.470. The van der Waals surface area contributed by atoms with Gasteiger partial charge >= 0.3 is 6.03 Å². The molecule has 14 heavy (non-hydrogen) atoms. The zero-order valence-corrected chi connectivity index (χ0v) is 8.12. The Hall–Kier alpha value is -1.65. The van der Waals surface area contributed by atoms with Gasteiger partial charge in [-0.05, 0) is 6.92 Å². The second-order valence-electron chi connectivity index (χ2n) is 2.84. The maximum atomic E-state index is 12.7. The van der Waals surface area contributed by atoms with Crippen molar-refractivity contribution < 1.29 is 9.18 Å². The van der Waals surface area contributed by atoms with E-state index < -0.39 is 5.82 Å². The highest BCUT2D eigenvalue weighted by Crippen LogP contribution is 2.07. The molecule has 0 aromatic carbocycles. The maximum absolute atomic E-state index is 12.7. The van der Waals surface area contributed by atoms with E-state index in [1.807, 2.05) is 6.92 Å². The van der Waals surface area contributed by atoms with Crippen LogP contribution in [0.1, 0.15) is 6.92 Å². The first-order chi connectivity index (χ1) is 6.63. The molecule has 0 atom stereocenters. The molecule has 0 aliphatic rings. The molecule has 0 fully saturated rings. The molecular formula is C9H12FN3O. The lowest BCUT2D eigenvalue weighted by atomic mass is 10.4. The topological polar surface area (TPSA) is 45.2 Å². The summed E-state index contributed by atoms with van der Waals surface area (Å²) in [4.78, 5) is 16.4. The highest BCUT2D eigenvalue weighted by Gasteiger charge is 2.06. The number of hydrogen-bond acceptors (Lipinski definition) is 2. The van der Waals surface area contributed by atoms with Crippen LogP contribution in [0.25, 0.3) is 0 Å². The number of aromatic nitrogens is 1. The van der Waals surface area contributed by atoms with E-state index in [1.165, 1.54) is 17.2 Å². The largest absolute Gasteiger partial charge is 0.328 e. The summed E-state index contributed by atoms with van der Waals surface area (Å²) in [6.07, 6.45) is 2.48. The van der Waals surface area contributed by atoms with E-state index in [2.05, 4.69) is 10.3 Å². The number of carbonyl (C=O) groups is 1. The third-order valence-corrected chi connectivity index (χ3v) is 1.78. The van der Waals surface area contributed by atoms with Crippen LogP contribution in [-0.4, -0.2) is 29.5 Å². The summed E-state index contributed by atoms with van der Waals surface area (Å²) in [6.45, 7) is 2.44. The summed E-state index contributed by atoms with van der Waals surface area (Å²) in [7, 11) is 1.65. The number of urea groups is 1. The summed E-state index contributed by atoms with van der Waals surface area (Å²) in [5.41, 5.74) is 0.357. The number of hydrogen-bond donors (Lipinski definition) is 1. The Labute approximate surface area is 81.7 Å². The first-order valence-corrected chi connectivity index (χ1v) is 4.26.